The minimum Gasteiger partial charge on any atom is -0.487 e. The third-order valence-electron chi connectivity index (χ3n) is 5.21. The Morgan fingerprint density at radius 2 is 1.83 bits per heavy atom. The van der Waals surface area contributed by atoms with Crippen molar-refractivity contribution in [1.82, 2.24) is 5.32 Å². The molecule has 180 valence electrons. The maximum absolute atomic E-state index is 12.5. The Bertz CT molecular complexity index is 1280. The van der Waals surface area contributed by atoms with Gasteiger partial charge >= 0.3 is 0 Å². The second-order valence-electron chi connectivity index (χ2n) is 7.70. The molecule has 1 fully saturated rings. The molecule has 2 N–H and O–H groups in total. The van der Waals surface area contributed by atoms with Gasteiger partial charge in [0.05, 0.1) is 17.0 Å². The number of nitrogens with one attached hydrogen (secondary N) is 2. The zero-order chi connectivity index (χ0) is 24.9. The van der Waals surface area contributed by atoms with Crippen molar-refractivity contribution >= 4 is 80.3 Å². The van der Waals surface area contributed by atoms with Crippen LogP contribution in [0.1, 0.15) is 23.6 Å². The Morgan fingerprint density at radius 1 is 1.11 bits per heavy atom. The standard InChI is InChI=1S/C25H21I2N3O4S/c1-2-15-6-8-18(9-7-15)28-25-29-24(31)22(35-25)13-17-11-20(26)23(21(27)12-17)34-14-16-4-3-5-19(10-16)30(32)33/h3-13,25,28H,2,14H2,1H3,(H,29,31)/b22-13-/t25-/m0/s1. The normalized spacial score (nSPS) is 16.3. The van der Waals surface area contributed by atoms with Crippen molar-refractivity contribution in [3.63, 3.8) is 0 Å². The summed E-state index contributed by atoms with van der Waals surface area (Å²) in [6.07, 6.45) is 2.86. The number of halogens is 2. The van der Waals surface area contributed by atoms with E-state index in [4.69, 9.17) is 4.74 Å². The van der Waals surface area contributed by atoms with Crippen LogP contribution in [0.4, 0.5) is 11.4 Å². The topological polar surface area (TPSA) is 93.5 Å². The van der Waals surface area contributed by atoms with Crippen molar-refractivity contribution in [3.8, 4) is 5.75 Å². The van der Waals surface area contributed by atoms with Gasteiger partial charge in [0.15, 0.2) is 5.50 Å². The molecule has 0 bridgehead atoms. The molecule has 0 aromatic heterocycles. The fourth-order valence-electron chi connectivity index (χ4n) is 3.42. The number of aryl methyl sites for hydroxylation is 1. The molecule has 3 aromatic carbocycles. The molecule has 0 aliphatic carbocycles. The van der Waals surface area contributed by atoms with Crippen molar-refractivity contribution in [2.75, 3.05) is 5.32 Å². The Balaban J connectivity index is 1.43. The van der Waals surface area contributed by atoms with Crippen LogP contribution in [0.5, 0.6) is 5.75 Å². The van der Waals surface area contributed by atoms with Crippen LogP contribution in [-0.4, -0.2) is 16.3 Å². The number of hydrogen-bond donors (Lipinski definition) is 2. The van der Waals surface area contributed by atoms with Crippen molar-refractivity contribution in [2.45, 2.75) is 25.4 Å². The van der Waals surface area contributed by atoms with Gasteiger partial charge in [-0.15, -0.1) is 0 Å². The number of nitro groups is 1. The number of hydrogen-bond acceptors (Lipinski definition) is 6. The zero-order valence-electron chi connectivity index (χ0n) is 18.6. The highest BCUT2D eigenvalue weighted by molar-refractivity contribution is 14.1. The van der Waals surface area contributed by atoms with Gasteiger partial charge in [-0.2, -0.15) is 0 Å². The first-order chi connectivity index (χ1) is 16.8. The van der Waals surface area contributed by atoms with Gasteiger partial charge in [-0.1, -0.05) is 43.0 Å². The van der Waals surface area contributed by atoms with Crippen molar-refractivity contribution in [2.24, 2.45) is 0 Å². The second kappa shape index (κ2) is 11.6. The number of nitrogens with zero attached hydrogens (tertiary/aromatic N) is 1. The number of benzene rings is 3. The van der Waals surface area contributed by atoms with E-state index in [1.54, 1.807) is 12.1 Å². The molecule has 1 heterocycles. The fraction of sp³-hybridized carbons (Fsp3) is 0.160. The predicted octanol–water partition coefficient (Wildman–Crippen LogP) is 6.55. The summed E-state index contributed by atoms with van der Waals surface area (Å²) in [4.78, 5) is 23.7. The van der Waals surface area contributed by atoms with Crippen LogP contribution in [-0.2, 0) is 17.8 Å². The van der Waals surface area contributed by atoms with Crippen LogP contribution in [0.3, 0.4) is 0 Å². The predicted molar refractivity (Wildman–Crippen MR) is 156 cm³/mol. The number of nitro benzene ring substituents is 1. The maximum Gasteiger partial charge on any atom is 0.269 e. The van der Waals surface area contributed by atoms with Crippen LogP contribution in [0.15, 0.2) is 65.6 Å². The lowest BCUT2D eigenvalue weighted by Crippen LogP contribution is -2.30. The van der Waals surface area contributed by atoms with E-state index in [0.717, 1.165) is 30.4 Å². The van der Waals surface area contributed by atoms with E-state index < -0.39 is 4.92 Å². The highest BCUT2D eigenvalue weighted by Gasteiger charge is 2.27. The van der Waals surface area contributed by atoms with Crippen LogP contribution in [0.25, 0.3) is 6.08 Å². The molecule has 35 heavy (non-hydrogen) atoms. The van der Waals surface area contributed by atoms with Crippen molar-refractivity contribution < 1.29 is 14.5 Å². The lowest BCUT2D eigenvalue weighted by Gasteiger charge is -2.13. The van der Waals surface area contributed by atoms with Gasteiger partial charge in [0, 0.05) is 17.8 Å². The van der Waals surface area contributed by atoms with Gasteiger partial charge in [-0.3, -0.25) is 14.9 Å². The Labute approximate surface area is 234 Å². The van der Waals surface area contributed by atoms with Gasteiger partial charge in [0.2, 0.25) is 0 Å². The minimum atomic E-state index is -0.418. The van der Waals surface area contributed by atoms with E-state index in [1.165, 1.54) is 29.5 Å². The van der Waals surface area contributed by atoms with E-state index in [0.29, 0.717) is 10.7 Å². The van der Waals surface area contributed by atoms with E-state index >= 15 is 0 Å². The van der Waals surface area contributed by atoms with Gasteiger partial charge in [-0.25, -0.2) is 0 Å². The van der Waals surface area contributed by atoms with E-state index in [2.05, 4.69) is 74.9 Å². The molecule has 0 saturated carbocycles. The summed E-state index contributed by atoms with van der Waals surface area (Å²) in [7, 11) is 0. The summed E-state index contributed by atoms with van der Waals surface area (Å²) in [5, 5.41) is 17.3. The summed E-state index contributed by atoms with van der Waals surface area (Å²) in [6.45, 7) is 2.34. The average Bonchev–Trinajstić information content (AvgIpc) is 3.17. The molecule has 1 saturated heterocycles. The molecular weight excluding hydrogens is 692 g/mol. The zero-order valence-corrected chi connectivity index (χ0v) is 23.7. The van der Waals surface area contributed by atoms with Crippen molar-refractivity contribution in [1.29, 1.82) is 0 Å². The van der Waals surface area contributed by atoms with Crippen LogP contribution in [0, 0.1) is 17.3 Å². The lowest BCUT2D eigenvalue weighted by molar-refractivity contribution is -0.384. The molecule has 7 nitrogen and oxygen atoms in total. The molecule has 1 aliphatic rings. The molecule has 4 rings (SSSR count). The first-order valence-electron chi connectivity index (χ1n) is 10.7. The quantitative estimate of drug-likeness (QED) is 0.119. The lowest BCUT2D eigenvalue weighted by atomic mass is 10.1. The highest BCUT2D eigenvalue weighted by Crippen LogP contribution is 2.34. The minimum absolute atomic E-state index is 0.0376. The van der Waals surface area contributed by atoms with E-state index in [-0.39, 0.29) is 23.7 Å². The molecule has 3 aromatic rings. The van der Waals surface area contributed by atoms with E-state index in [9.17, 15) is 14.9 Å². The SMILES string of the molecule is CCc1ccc(N[C@H]2NC(=O)/C(=C/c3cc(I)c(OCc4cccc([N+](=O)[O-])c4)c(I)c3)S2)cc1. The monoisotopic (exact) mass is 713 g/mol. The molecule has 10 heteroatoms. The Hall–Kier alpha value is -2.32. The molecule has 0 unspecified atom stereocenters. The summed E-state index contributed by atoms with van der Waals surface area (Å²) < 4.78 is 7.76. The first kappa shape index (κ1) is 25.8. The van der Waals surface area contributed by atoms with Crippen molar-refractivity contribution in [3.05, 3.63) is 99.5 Å². The molecular formula is C25H21I2N3O4S. The molecule has 1 atom stereocenters. The Morgan fingerprint density at radius 3 is 2.49 bits per heavy atom. The van der Waals surface area contributed by atoms with Crippen LogP contribution >= 0.6 is 56.9 Å². The van der Waals surface area contributed by atoms with Crippen LogP contribution < -0.4 is 15.4 Å². The van der Waals surface area contributed by atoms with E-state index in [1.807, 2.05) is 30.3 Å². The van der Waals surface area contributed by atoms with Crippen LogP contribution in [0.2, 0.25) is 0 Å². The fourth-order valence-corrected chi connectivity index (χ4v) is 6.53. The van der Waals surface area contributed by atoms with Gasteiger partial charge in [0.1, 0.15) is 12.4 Å². The first-order valence-corrected chi connectivity index (χ1v) is 13.8. The number of non-ortho nitro benzene ring substituents is 1. The number of thioether (sulfide) groups is 1. The number of amides is 1. The number of anilines is 1. The molecule has 0 radical (unpaired) electrons. The largest absolute Gasteiger partial charge is 0.487 e. The number of carbonyl (C=O) groups is 1. The molecule has 1 aliphatic heterocycles. The second-order valence-corrected chi connectivity index (χ2v) is 11.2. The average molecular weight is 713 g/mol. The summed E-state index contributed by atoms with van der Waals surface area (Å²) in [6, 6.07) is 18.5. The maximum atomic E-state index is 12.5. The number of carbonyl (C=O) groups excluding carboxylic acids is 1. The van der Waals surface area contributed by atoms with Gasteiger partial charge < -0.3 is 15.4 Å². The van der Waals surface area contributed by atoms with Gasteiger partial charge in [0.25, 0.3) is 11.6 Å². The summed E-state index contributed by atoms with van der Waals surface area (Å²) in [5.74, 6) is 0.590. The summed E-state index contributed by atoms with van der Waals surface area (Å²) >= 11 is 5.85. The summed E-state index contributed by atoms with van der Waals surface area (Å²) in [5.41, 5.74) is 3.63. The Kier molecular flexibility index (Phi) is 8.55. The third kappa shape index (κ3) is 6.67. The smallest absolute Gasteiger partial charge is 0.269 e. The van der Waals surface area contributed by atoms with Gasteiger partial charge in [-0.05, 0) is 98.6 Å². The third-order valence-corrected chi connectivity index (χ3v) is 7.84. The number of rotatable bonds is 8. The number of ether oxygens (including phenoxy) is 1. The highest BCUT2D eigenvalue weighted by atomic mass is 127. The molecule has 0 spiro atoms. The molecule has 1 amide bonds.